The molecule has 0 unspecified atom stereocenters. The number of nitrogens with one attached hydrogen (secondary N) is 2. The summed E-state index contributed by atoms with van der Waals surface area (Å²) in [5.41, 5.74) is -0.931. The molecule has 0 bridgehead atoms. The number of carbonyl (C=O) groups excluding carboxylic acids is 1. The van der Waals surface area contributed by atoms with E-state index in [1.54, 1.807) is 12.3 Å². The standard InChI is InChI=1S/C12H7F5N2O/c13-7-6(8(14)10(16)11(17)9(7)15)12(20)19-4-5-1-2-18-3-5/h1-3,18H,4H2,(H,19,20). The highest BCUT2D eigenvalue weighted by Gasteiger charge is 2.29. The molecule has 1 amide bonds. The summed E-state index contributed by atoms with van der Waals surface area (Å²) in [4.78, 5) is 14.2. The fourth-order valence-corrected chi connectivity index (χ4v) is 1.54. The van der Waals surface area contributed by atoms with E-state index in [4.69, 9.17) is 0 Å². The zero-order valence-corrected chi connectivity index (χ0v) is 9.74. The summed E-state index contributed by atoms with van der Waals surface area (Å²) >= 11 is 0. The van der Waals surface area contributed by atoms with Crippen molar-refractivity contribution in [2.24, 2.45) is 0 Å². The summed E-state index contributed by atoms with van der Waals surface area (Å²) in [7, 11) is 0. The molecule has 0 aliphatic heterocycles. The van der Waals surface area contributed by atoms with Gasteiger partial charge < -0.3 is 10.3 Å². The lowest BCUT2D eigenvalue weighted by molar-refractivity contribution is 0.0939. The molecule has 1 aromatic carbocycles. The highest BCUT2D eigenvalue weighted by atomic mass is 19.2. The maximum Gasteiger partial charge on any atom is 0.257 e. The van der Waals surface area contributed by atoms with E-state index in [0.29, 0.717) is 5.56 Å². The van der Waals surface area contributed by atoms with Gasteiger partial charge in [-0.2, -0.15) is 0 Å². The molecule has 106 valence electrons. The number of hydrogen-bond donors (Lipinski definition) is 2. The van der Waals surface area contributed by atoms with Gasteiger partial charge in [0.2, 0.25) is 5.82 Å². The molecule has 2 N–H and O–H groups in total. The third kappa shape index (κ3) is 2.36. The summed E-state index contributed by atoms with van der Waals surface area (Å²) in [5.74, 6) is -12.3. The Kier molecular flexibility index (Phi) is 3.73. The van der Waals surface area contributed by atoms with Gasteiger partial charge in [0.1, 0.15) is 5.56 Å². The SMILES string of the molecule is O=C(NCc1cc[nH]c1)c1c(F)c(F)c(F)c(F)c1F. The van der Waals surface area contributed by atoms with Crippen LogP contribution in [0.3, 0.4) is 0 Å². The van der Waals surface area contributed by atoms with Gasteiger partial charge in [-0.25, -0.2) is 22.0 Å². The van der Waals surface area contributed by atoms with Gasteiger partial charge >= 0.3 is 0 Å². The average Bonchev–Trinajstić information content (AvgIpc) is 2.94. The minimum atomic E-state index is -2.30. The second-order valence-electron chi connectivity index (χ2n) is 3.85. The Hall–Kier alpha value is -2.38. The zero-order chi connectivity index (χ0) is 14.9. The second-order valence-corrected chi connectivity index (χ2v) is 3.85. The molecule has 0 aliphatic rings. The summed E-state index contributed by atoms with van der Waals surface area (Å²) in [6, 6.07) is 1.57. The molecule has 0 atom stereocenters. The van der Waals surface area contributed by atoms with Gasteiger partial charge in [0.15, 0.2) is 23.3 Å². The molecule has 2 rings (SSSR count). The minimum absolute atomic E-state index is 0.123. The van der Waals surface area contributed by atoms with E-state index in [9.17, 15) is 26.7 Å². The van der Waals surface area contributed by atoms with Crippen LogP contribution in [0.15, 0.2) is 18.5 Å². The number of rotatable bonds is 3. The van der Waals surface area contributed by atoms with E-state index >= 15 is 0 Å². The Morgan fingerprint density at radius 2 is 1.55 bits per heavy atom. The molecule has 8 heteroatoms. The van der Waals surface area contributed by atoms with Crippen molar-refractivity contribution < 1.29 is 26.7 Å². The molecule has 3 nitrogen and oxygen atoms in total. The van der Waals surface area contributed by atoms with Crippen molar-refractivity contribution in [2.75, 3.05) is 0 Å². The normalized spacial score (nSPS) is 10.7. The molecule has 0 saturated carbocycles. The van der Waals surface area contributed by atoms with Gasteiger partial charge in [0.25, 0.3) is 5.91 Å². The predicted molar refractivity (Wildman–Crippen MR) is 58.2 cm³/mol. The van der Waals surface area contributed by atoms with Gasteiger partial charge in [-0.1, -0.05) is 0 Å². The number of amides is 1. The monoisotopic (exact) mass is 290 g/mol. The summed E-state index contributed by atoms with van der Waals surface area (Å²) < 4.78 is 65.3. The maximum atomic E-state index is 13.3. The smallest absolute Gasteiger partial charge is 0.257 e. The van der Waals surface area contributed by atoms with Crippen LogP contribution in [0.5, 0.6) is 0 Å². The first-order valence-electron chi connectivity index (χ1n) is 5.34. The van der Waals surface area contributed by atoms with Crippen molar-refractivity contribution in [1.82, 2.24) is 10.3 Å². The van der Waals surface area contributed by atoms with Crippen LogP contribution >= 0.6 is 0 Å². The van der Waals surface area contributed by atoms with E-state index in [-0.39, 0.29) is 6.54 Å². The zero-order valence-electron chi connectivity index (χ0n) is 9.74. The second kappa shape index (κ2) is 5.32. The third-order valence-electron chi connectivity index (χ3n) is 2.55. The summed E-state index contributed by atoms with van der Waals surface area (Å²) in [6.07, 6.45) is 3.04. The molecular formula is C12H7F5N2O. The Morgan fingerprint density at radius 3 is 2.05 bits per heavy atom. The molecule has 2 aromatic rings. The molecule has 0 saturated heterocycles. The van der Waals surface area contributed by atoms with Crippen LogP contribution in [0.2, 0.25) is 0 Å². The van der Waals surface area contributed by atoms with E-state index in [1.807, 2.05) is 0 Å². The van der Waals surface area contributed by atoms with Crippen LogP contribution in [0.4, 0.5) is 22.0 Å². The summed E-state index contributed by atoms with van der Waals surface area (Å²) in [5, 5.41) is 2.06. The number of H-pyrrole nitrogens is 1. The van der Waals surface area contributed by atoms with Crippen LogP contribution in [-0.2, 0) is 6.54 Å². The highest BCUT2D eigenvalue weighted by molar-refractivity contribution is 5.94. The van der Waals surface area contributed by atoms with E-state index in [0.717, 1.165) is 0 Å². The lowest BCUT2D eigenvalue weighted by Gasteiger charge is -2.08. The van der Waals surface area contributed by atoms with Crippen molar-refractivity contribution in [3.05, 3.63) is 58.7 Å². The number of hydrogen-bond acceptors (Lipinski definition) is 1. The van der Waals surface area contributed by atoms with Crippen LogP contribution in [0.1, 0.15) is 15.9 Å². The average molecular weight is 290 g/mol. The van der Waals surface area contributed by atoms with Crippen LogP contribution in [-0.4, -0.2) is 10.9 Å². The first kappa shape index (κ1) is 14.0. The molecular weight excluding hydrogens is 283 g/mol. The van der Waals surface area contributed by atoms with Gasteiger partial charge in [0.05, 0.1) is 0 Å². The molecule has 1 heterocycles. The van der Waals surface area contributed by atoms with Gasteiger partial charge in [0, 0.05) is 18.9 Å². The van der Waals surface area contributed by atoms with Crippen LogP contribution in [0.25, 0.3) is 0 Å². The molecule has 0 spiro atoms. The maximum absolute atomic E-state index is 13.3. The molecule has 0 fully saturated rings. The van der Waals surface area contributed by atoms with Crippen LogP contribution in [0, 0.1) is 29.1 Å². The lowest BCUT2D eigenvalue weighted by atomic mass is 10.1. The summed E-state index contributed by atoms with van der Waals surface area (Å²) in [6.45, 7) is -0.123. The number of aromatic amines is 1. The lowest BCUT2D eigenvalue weighted by Crippen LogP contribution is -2.26. The van der Waals surface area contributed by atoms with Crippen LogP contribution < -0.4 is 5.32 Å². The van der Waals surface area contributed by atoms with Crippen molar-refractivity contribution in [2.45, 2.75) is 6.54 Å². The first-order valence-corrected chi connectivity index (χ1v) is 5.34. The van der Waals surface area contributed by atoms with Crippen molar-refractivity contribution >= 4 is 5.91 Å². The largest absolute Gasteiger partial charge is 0.367 e. The van der Waals surface area contributed by atoms with Gasteiger partial charge in [-0.15, -0.1) is 0 Å². The number of aromatic nitrogens is 1. The van der Waals surface area contributed by atoms with Crippen molar-refractivity contribution in [1.29, 1.82) is 0 Å². The Bertz CT molecular complexity index is 625. The molecule has 1 aromatic heterocycles. The molecule has 20 heavy (non-hydrogen) atoms. The quantitative estimate of drug-likeness (QED) is 0.509. The Labute approximate surface area is 109 Å². The first-order chi connectivity index (χ1) is 9.43. The minimum Gasteiger partial charge on any atom is -0.367 e. The number of carbonyl (C=O) groups is 1. The fourth-order valence-electron chi connectivity index (χ4n) is 1.54. The third-order valence-corrected chi connectivity index (χ3v) is 2.55. The highest BCUT2D eigenvalue weighted by Crippen LogP contribution is 2.22. The Balaban J connectivity index is 2.30. The van der Waals surface area contributed by atoms with E-state index in [2.05, 4.69) is 10.3 Å². The van der Waals surface area contributed by atoms with Crippen molar-refractivity contribution in [3.8, 4) is 0 Å². The van der Waals surface area contributed by atoms with Gasteiger partial charge in [-0.3, -0.25) is 4.79 Å². The van der Waals surface area contributed by atoms with Gasteiger partial charge in [-0.05, 0) is 11.6 Å². The van der Waals surface area contributed by atoms with E-state index in [1.165, 1.54) is 6.20 Å². The number of benzene rings is 1. The molecule has 0 radical (unpaired) electrons. The fraction of sp³-hybridized carbons (Fsp3) is 0.0833. The predicted octanol–water partition coefficient (Wildman–Crippen LogP) is 2.64. The Morgan fingerprint density at radius 1 is 1.00 bits per heavy atom. The van der Waals surface area contributed by atoms with Crippen molar-refractivity contribution in [3.63, 3.8) is 0 Å². The number of halogens is 5. The topological polar surface area (TPSA) is 44.9 Å². The molecule has 0 aliphatic carbocycles. The van der Waals surface area contributed by atoms with E-state index < -0.39 is 40.6 Å².